The Balaban J connectivity index is 1.89. The van der Waals surface area contributed by atoms with Crippen LogP contribution < -0.4 is 15.4 Å². The number of carbonyl (C=O) groups is 2. The first kappa shape index (κ1) is 18.3. The Labute approximate surface area is 146 Å². The number of aromatic nitrogens is 1. The van der Waals surface area contributed by atoms with Crippen molar-refractivity contribution < 1.29 is 19.1 Å². The third kappa shape index (κ3) is 5.49. The minimum Gasteiger partial charge on any atom is -0.496 e. The van der Waals surface area contributed by atoms with E-state index < -0.39 is 6.09 Å². The van der Waals surface area contributed by atoms with Crippen molar-refractivity contribution in [3.05, 3.63) is 59.4 Å². The molecule has 7 nitrogen and oxygen atoms in total. The van der Waals surface area contributed by atoms with Gasteiger partial charge in [0.2, 0.25) is 0 Å². The van der Waals surface area contributed by atoms with Crippen molar-refractivity contribution in [3.63, 3.8) is 0 Å². The first-order valence-electron chi connectivity index (χ1n) is 7.81. The summed E-state index contributed by atoms with van der Waals surface area (Å²) in [5.41, 5.74) is 2.09. The van der Waals surface area contributed by atoms with Crippen LogP contribution in [0.5, 0.6) is 5.75 Å². The Morgan fingerprint density at radius 2 is 1.92 bits per heavy atom. The van der Waals surface area contributed by atoms with Crippen molar-refractivity contribution in [1.82, 2.24) is 15.6 Å². The number of rotatable bonds is 7. The van der Waals surface area contributed by atoms with Gasteiger partial charge in [-0.1, -0.05) is 18.2 Å². The molecule has 0 atom stereocenters. The lowest BCUT2D eigenvalue weighted by Crippen LogP contribution is -2.26. The van der Waals surface area contributed by atoms with Gasteiger partial charge in [0.05, 0.1) is 26.5 Å². The van der Waals surface area contributed by atoms with Gasteiger partial charge in [-0.15, -0.1) is 0 Å². The maximum atomic E-state index is 12.3. The van der Waals surface area contributed by atoms with Gasteiger partial charge < -0.3 is 20.1 Å². The van der Waals surface area contributed by atoms with Crippen molar-refractivity contribution in [2.45, 2.75) is 13.0 Å². The Bertz CT molecular complexity index is 734. The maximum Gasteiger partial charge on any atom is 0.407 e. The number of amides is 2. The minimum absolute atomic E-state index is 0.189. The Morgan fingerprint density at radius 3 is 2.68 bits per heavy atom. The van der Waals surface area contributed by atoms with Gasteiger partial charge in [0, 0.05) is 18.3 Å². The highest BCUT2D eigenvalue weighted by Gasteiger charge is 2.08. The lowest BCUT2D eigenvalue weighted by molar-refractivity contribution is 0.0954. The molecule has 0 spiro atoms. The third-order valence-electron chi connectivity index (χ3n) is 3.55. The summed E-state index contributed by atoms with van der Waals surface area (Å²) in [6, 6.07) is 11.0. The van der Waals surface area contributed by atoms with Gasteiger partial charge in [0.1, 0.15) is 5.75 Å². The molecule has 2 N–H and O–H groups in total. The topological polar surface area (TPSA) is 89.5 Å². The molecule has 25 heavy (non-hydrogen) atoms. The minimum atomic E-state index is -0.548. The van der Waals surface area contributed by atoms with Crippen molar-refractivity contribution >= 4 is 12.0 Å². The normalized spacial score (nSPS) is 10.0. The van der Waals surface area contributed by atoms with Crippen LogP contribution in [0.3, 0.4) is 0 Å². The average molecular weight is 343 g/mol. The maximum absolute atomic E-state index is 12.3. The molecule has 7 heteroatoms. The number of hydrogen-bond donors (Lipinski definition) is 2. The van der Waals surface area contributed by atoms with Crippen molar-refractivity contribution in [3.8, 4) is 5.75 Å². The number of nitrogens with one attached hydrogen (secondary N) is 2. The van der Waals surface area contributed by atoms with E-state index in [0.717, 1.165) is 11.3 Å². The van der Waals surface area contributed by atoms with Crippen LogP contribution in [0.15, 0.2) is 42.6 Å². The van der Waals surface area contributed by atoms with Crippen LogP contribution in [0.25, 0.3) is 0 Å². The largest absolute Gasteiger partial charge is 0.496 e. The Hall–Kier alpha value is -3.09. The zero-order valence-corrected chi connectivity index (χ0v) is 14.2. The molecule has 0 saturated carbocycles. The van der Waals surface area contributed by atoms with E-state index >= 15 is 0 Å². The van der Waals surface area contributed by atoms with Crippen LogP contribution in [0, 0.1) is 0 Å². The highest BCUT2D eigenvalue weighted by atomic mass is 16.5. The molecule has 0 fully saturated rings. The highest BCUT2D eigenvalue weighted by Crippen LogP contribution is 2.17. The molecule has 0 radical (unpaired) electrons. The number of nitrogens with zero attached hydrogens (tertiary/aromatic N) is 1. The van der Waals surface area contributed by atoms with Gasteiger partial charge >= 0.3 is 6.09 Å². The summed E-state index contributed by atoms with van der Waals surface area (Å²) in [5, 5.41) is 5.39. The predicted molar refractivity (Wildman–Crippen MR) is 92.5 cm³/mol. The second-order valence-corrected chi connectivity index (χ2v) is 5.20. The first-order chi connectivity index (χ1) is 12.1. The monoisotopic (exact) mass is 343 g/mol. The Kier molecular flexibility index (Phi) is 6.76. The van der Waals surface area contributed by atoms with E-state index in [1.807, 2.05) is 24.3 Å². The van der Waals surface area contributed by atoms with Gasteiger partial charge in [0.25, 0.3) is 5.91 Å². The summed E-state index contributed by atoms with van der Waals surface area (Å²) >= 11 is 0. The Morgan fingerprint density at radius 1 is 1.12 bits per heavy atom. The van der Waals surface area contributed by atoms with E-state index in [1.165, 1.54) is 13.3 Å². The van der Waals surface area contributed by atoms with Crippen LogP contribution in [0.1, 0.15) is 21.6 Å². The molecule has 2 amide bonds. The van der Waals surface area contributed by atoms with Crippen LogP contribution in [0.4, 0.5) is 4.79 Å². The molecule has 0 saturated heterocycles. The van der Waals surface area contributed by atoms with E-state index in [4.69, 9.17) is 4.74 Å². The van der Waals surface area contributed by atoms with Crippen LogP contribution in [-0.4, -0.2) is 37.7 Å². The predicted octanol–water partition coefficient (Wildman–Crippen LogP) is 1.92. The number of carbonyl (C=O) groups excluding carboxylic acids is 2. The van der Waals surface area contributed by atoms with Gasteiger partial charge in [0.15, 0.2) is 0 Å². The number of para-hydroxylation sites is 1. The summed E-state index contributed by atoms with van der Waals surface area (Å²) in [6.07, 6.45) is 1.65. The molecule has 1 aromatic heterocycles. The van der Waals surface area contributed by atoms with E-state index in [-0.39, 0.29) is 12.5 Å². The number of hydrogen-bond acceptors (Lipinski definition) is 5. The molecule has 0 bridgehead atoms. The van der Waals surface area contributed by atoms with E-state index in [2.05, 4.69) is 20.4 Å². The molecule has 2 aromatic rings. The summed E-state index contributed by atoms with van der Waals surface area (Å²) in [6.45, 7) is 0.673. The SMILES string of the molecule is COC(=O)NCc1cc(C(=O)NCCc2ccccc2OC)ccn1. The van der Waals surface area contributed by atoms with Gasteiger partial charge in [-0.3, -0.25) is 9.78 Å². The molecule has 2 rings (SSSR count). The molecule has 0 aliphatic heterocycles. The van der Waals surface area contributed by atoms with Crippen molar-refractivity contribution in [2.75, 3.05) is 20.8 Å². The van der Waals surface area contributed by atoms with Crippen LogP contribution in [0.2, 0.25) is 0 Å². The number of pyridine rings is 1. The third-order valence-corrected chi connectivity index (χ3v) is 3.55. The van der Waals surface area contributed by atoms with E-state index in [0.29, 0.717) is 24.2 Å². The fraction of sp³-hybridized carbons (Fsp3) is 0.278. The molecule has 0 unspecified atom stereocenters. The standard InChI is InChI=1S/C18H21N3O4/c1-24-16-6-4-3-5-13(16)7-10-20-17(22)14-8-9-19-15(11-14)12-21-18(23)25-2/h3-6,8-9,11H,7,10,12H2,1-2H3,(H,20,22)(H,21,23). The molecule has 0 aliphatic rings. The zero-order valence-electron chi connectivity index (χ0n) is 14.2. The molecule has 0 aliphatic carbocycles. The quantitative estimate of drug-likeness (QED) is 0.802. The van der Waals surface area contributed by atoms with Crippen molar-refractivity contribution in [2.24, 2.45) is 0 Å². The highest BCUT2D eigenvalue weighted by molar-refractivity contribution is 5.94. The van der Waals surface area contributed by atoms with Crippen LogP contribution in [-0.2, 0) is 17.7 Å². The molecule has 1 aromatic carbocycles. The molecular formula is C18H21N3O4. The lowest BCUT2D eigenvalue weighted by Gasteiger charge is -2.09. The van der Waals surface area contributed by atoms with E-state index in [1.54, 1.807) is 19.2 Å². The lowest BCUT2D eigenvalue weighted by atomic mass is 10.1. The first-order valence-corrected chi connectivity index (χ1v) is 7.81. The van der Waals surface area contributed by atoms with Gasteiger partial charge in [-0.05, 0) is 30.2 Å². The average Bonchev–Trinajstić information content (AvgIpc) is 2.66. The number of alkyl carbamates (subject to hydrolysis) is 1. The molecule has 1 heterocycles. The zero-order chi connectivity index (χ0) is 18.1. The second-order valence-electron chi connectivity index (χ2n) is 5.20. The fourth-order valence-corrected chi connectivity index (χ4v) is 2.27. The van der Waals surface area contributed by atoms with Gasteiger partial charge in [-0.25, -0.2) is 4.79 Å². The van der Waals surface area contributed by atoms with Crippen molar-refractivity contribution in [1.29, 1.82) is 0 Å². The molecule has 132 valence electrons. The molecular weight excluding hydrogens is 322 g/mol. The number of methoxy groups -OCH3 is 2. The van der Waals surface area contributed by atoms with E-state index in [9.17, 15) is 9.59 Å². The summed E-state index contributed by atoms with van der Waals surface area (Å²) in [5.74, 6) is 0.605. The van der Waals surface area contributed by atoms with Gasteiger partial charge in [-0.2, -0.15) is 0 Å². The summed E-state index contributed by atoms with van der Waals surface area (Å²) in [7, 11) is 2.91. The summed E-state index contributed by atoms with van der Waals surface area (Å²) < 4.78 is 9.79. The summed E-state index contributed by atoms with van der Waals surface area (Å²) in [4.78, 5) is 27.4. The fourth-order valence-electron chi connectivity index (χ4n) is 2.27. The smallest absolute Gasteiger partial charge is 0.407 e. The van der Waals surface area contributed by atoms with Crippen LogP contribution >= 0.6 is 0 Å². The number of benzene rings is 1. The second kappa shape index (κ2) is 9.27. The number of ether oxygens (including phenoxy) is 2.